The zero-order chi connectivity index (χ0) is 31.5. The Labute approximate surface area is 253 Å². The highest BCUT2D eigenvalue weighted by Crippen LogP contribution is 2.37. The van der Waals surface area contributed by atoms with Crippen LogP contribution in [0, 0.1) is 35.5 Å². The Morgan fingerprint density at radius 2 is 1.48 bits per heavy atom. The van der Waals surface area contributed by atoms with Crippen molar-refractivity contribution >= 4 is 17.8 Å². The van der Waals surface area contributed by atoms with Crippen molar-refractivity contribution in [2.24, 2.45) is 35.5 Å². The third kappa shape index (κ3) is 8.24. The largest absolute Gasteiger partial charge is 0.463 e. The number of rotatable bonds is 4. The predicted molar refractivity (Wildman–Crippen MR) is 161 cm³/mol. The lowest BCUT2D eigenvalue weighted by Crippen LogP contribution is -2.56. The number of nitrogens with zero attached hydrogens (tertiary/aromatic N) is 1. The van der Waals surface area contributed by atoms with Gasteiger partial charge in [-0.15, -0.1) is 0 Å². The van der Waals surface area contributed by atoms with Crippen LogP contribution in [0.1, 0.15) is 81.1 Å². The standard InChI is InChI=1S/C32H57N3O7/c1-16-12-18(3)30(42-31-22(7)28(35(9)10)21(6)23(8)41-31)29(39-11)19(4)14-26(37)40-20(5)13-17(2)27-24(15-25(16)36)33-32(38)34-27/h16-24,27-31H,12-15H2,1-11H3,(H2,33,34,38)/t16-,17+,18+,19-,20-,21?,22?,23?,24+,27-,28?,29+,30+,31?/m1/s1. The van der Waals surface area contributed by atoms with Crippen molar-refractivity contribution in [3.63, 3.8) is 0 Å². The van der Waals surface area contributed by atoms with Crippen LogP contribution in [0.25, 0.3) is 0 Å². The molecule has 3 rings (SSSR count). The number of fused-ring (bicyclic) bond motifs is 1. The summed E-state index contributed by atoms with van der Waals surface area (Å²) in [7, 11) is 5.84. The lowest BCUT2D eigenvalue weighted by molar-refractivity contribution is -0.282. The fraction of sp³-hybridized carbons (Fsp3) is 0.906. The molecule has 10 nitrogen and oxygen atoms in total. The maximum absolute atomic E-state index is 13.5. The molecule has 0 aliphatic carbocycles. The van der Waals surface area contributed by atoms with Gasteiger partial charge in [0.25, 0.3) is 0 Å². The van der Waals surface area contributed by atoms with Crippen molar-refractivity contribution in [3.05, 3.63) is 0 Å². The van der Waals surface area contributed by atoms with E-state index >= 15 is 0 Å². The van der Waals surface area contributed by atoms with E-state index < -0.39 is 18.5 Å². The molecule has 0 aromatic rings. The van der Waals surface area contributed by atoms with E-state index in [0.717, 1.165) is 0 Å². The van der Waals surface area contributed by atoms with E-state index in [1.54, 1.807) is 7.11 Å². The molecule has 0 spiro atoms. The number of amides is 2. The van der Waals surface area contributed by atoms with Crippen LogP contribution in [0.15, 0.2) is 0 Å². The smallest absolute Gasteiger partial charge is 0.315 e. The Morgan fingerprint density at radius 3 is 2.10 bits per heavy atom. The Morgan fingerprint density at radius 1 is 0.810 bits per heavy atom. The zero-order valence-corrected chi connectivity index (χ0v) is 27.7. The van der Waals surface area contributed by atoms with E-state index in [9.17, 15) is 14.4 Å². The predicted octanol–water partition coefficient (Wildman–Crippen LogP) is 4.00. The molecule has 3 saturated heterocycles. The van der Waals surface area contributed by atoms with E-state index in [0.29, 0.717) is 18.8 Å². The Hall–Kier alpha value is -1.75. The maximum Gasteiger partial charge on any atom is 0.315 e. The Balaban J connectivity index is 1.91. The molecule has 14 atom stereocenters. The van der Waals surface area contributed by atoms with Gasteiger partial charge in [-0.3, -0.25) is 9.59 Å². The van der Waals surface area contributed by atoms with Crippen LogP contribution in [0.5, 0.6) is 0 Å². The molecular weight excluding hydrogens is 538 g/mol. The lowest BCUT2D eigenvalue weighted by Gasteiger charge is -2.48. The van der Waals surface area contributed by atoms with Crippen molar-refractivity contribution in [1.29, 1.82) is 0 Å². The highest BCUT2D eigenvalue weighted by molar-refractivity contribution is 5.84. The number of carbonyl (C=O) groups is 3. The average molecular weight is 596 g/mol. The van der Waals surface area contributed by atoms with Crippen molar-refractivity contribution < 1.29 is 33.3 Å². The number of carbonyl (C=O) groups excluding carboxylic acids is 3. The van der Waals surface area contributed by atoms with E-state index in [1.165, 1.54) is 0 Å². The fourth-order valence-electron chi connectivity index (χ4n) is 7.73. The van der Waals surface area contributed by atoms with Gasteiger partial charge in [0.2, 0.25) is 0 Å². The van der Waals surface area contributed by atoms with Gasteiger partial charge in [0.15, 0.2) is 6.29 Å². The number of hydrogen-bond acceptors (Lipinski definition) is 8. The second-order valence-corrected chi connectivity index (χ2v) is 13.9. The normalized spacial score (nSPS) is 44.7. The molecule has 0 radical (unpaired) electrons. The van der Waals surface area contributed by atoms with Gasteiger partial charge in [-0.1, -0.05) is 41.5 Å². The van der Waals surface area contributed by atoms with Crippen molar-refractivity contribution in [1.82, 2.24) is 15.5 Å². The highest BCUT2D eigenvalue weighted by atomic mass is 16.7. The molecule has 3 heterocycles. The third-order valence-corrected chi connectivity index (χ3v) is 10.1. The number of Topliss-reactive ketones (excluding diaryl/α,β-unsaturated/α-hetero) is 1. The second kappa shape index (κ2) is 14.8. The molecular formula is C32H57N3O7. The SMILES string of the molecule is CO[C@@H]1[C@@H](OC2OC(C)C(C)C(N(C)C)C2C)[C@@H](C)C[C@@H](C)C(=O)C[C@@H]2NC(=O)N[C@@H]2[C@@H](C)C[C@@H](C)OC(=O)C[C@H]1C. The molecule has 42 heavy (non-hydrogen) atoms. The van der Waals surface area contributed by atoms with Gasteiger partial charge < -0.3 is 34.5 Å². The Bertz CT molecular complexity index is 932. The van der Waals surface area contributed by atoms with Crippen molar-refractivity contribution in [3.8, 4) is 0 Å². The topological polar surface area (TPSA) is 115 Å². The van der Waals surface area contributed by atoms with E-state index in [2.05, 4.69) is 57.3 Å². The van der Waals surface area contributed by atoms with Gasteiger partial charge in [0, 0.05) is 31.4 Å². The van der Waals surface area contributed by atoms with Crippen LogP contribution in [0.3, 0.4) is 0 Å². The van der Waals surface area contributed by atoms with Gasteiger partial charge in [-0.2, -0.15) is 0 Å². The highest BCUT2D eigenvalue weighted by Gasteiger charge is 2.45. The van der Waals surface area contributed by atoms with Gasteiger partial charge >= 0.3 is 12.0 Å². The molecule has 5 unspecified atom stereocenters. The summed E-state index contributed by atoms with van der Waals surface area (Å²) >= 11 is 0. The summed E-state index contributed by atoms with van der Waals surface area (Å²) < 4.78 is 25.2. The van der Waals surface area contributed by atoms with Gasteiger partial charge in [-0.25, -0.2) is 4.79 Å². The first-order valence-electron chi connectivity index (χ1n) is 15.9. The molecule has 0 bridgehead atoms. The summed E-state index contributed by atoms with van der Waals surface area (Å²) in [5, 5.41) is 5.92. The summed E-state index contributed by atoms with van der Waals surface area (Å²) in [5.41, 5.74) is 0. The lowest BCUT2D eigenvalue weighted by atomic mass is 9.81. The number of ketones is 1. The van der Waals surface area contributed by atoms with Crippen molar-refractivity contribution in [2.45, 2.75) is 130 Å². The van der Waals surface area contributed by atoms with Gasteiger partial charge in [0.1, 0.15) is 5.78 Å². The summed E-state index contributed by atoms with van der Waals surface area (Å²) in [4.78, 5) is 41.1. The van der Waals surface area contributed by atoms with Crippen LogP contribution in [-0.2, 0) is 28.5 Å². The summed E-state index contributed by atoms with van der Waals surface area (Å²) in [5.74, 6) is -0.257. The minimum absolute atomic E-state index is 0.000975. The quantitative estimate of drug-likeness (QED) is 0.469. The van der Waals surface area contributed by atoms with Crippen LogP contribution in [-0.4, -0.2) is 92.7 Å². The number of esters is 1. The van der Waals surface area contributed by atoms with Crippen LogP contribution < -0.4 is 10.6 Å². The molecule has 0 aromatic carbocycles. The molecule has 3 aliphatic rings. The number of hydrogen-bond donors (Lipinski definition) is 2. The minimum atomic E-state index is -0.466. The third-order valence-electron chi connectivity index (χ3n) is 10.1. The molecule has 3 fully saturated rings. The second-order valence-electron chi connectivity index (χ2n) is 13.9. The van der Waals surface area contributed by atoms with Crippen LogP contribution >= 0.6 is 0 Å². The number of ether oxygens (including phenoxy) is 4. The van der Waals surface area contributed by atoms with E-state index in [1.807, 2.05) is 27.7 Å². The average Bonchev–Trinajstić information content (AvgIpc) is 3.25. The monoisotopic (exact) mass is 595 g/mol. The first-order chi connectivity index (χ1) is 19.6. The van der Waals surface area contributed by atoms with Gasteiger partial charge in [-0.05, 0) is 64.5 Å². The van der Waals surface area contributed by atoms with Gasteiger partial charge in [0.05, 0.1) is 42.9 Å². The Kier molecular flexibility index (Phi) is 12.3. The summed E-state index contributed by atoms with van der Waals surface area (Å²) in [6, 6.07) is -0.525. The number of nitrogens with one attached hydrogen (secondary N) is 2. The molecule has 0 aromatic heterocycles. The molecule has 2 amide bonds. The minimum Gasteiger partial charge on any atom is -0.463 e. The molecule has 10 heteroatoms. The van der Waals surface area contributed by atoms with Crippen LogP contribution in [0.4, 0.5) is 4.79 Å². The number of urea groups is 1. The van der Waals surface area contributed by atoms with E-state index in [-0.39, 0.29) is 90.5 Å². The molecule has 242 valence electrons. The fourth-order valence-corrected chi connectivity index (χ4v) is 7.73. The number of methoxy groups -OCH3 is 1. The van der Waals surface area contributed by atoms with Crippen LogP contribution in [0.2, 0.25) is 0 Å². The first kappa shape index (κ1) is 34.7. The summed E-state index contributed by atoms with van der Waals surface area (Å²) in [6.45, 7) is 16.4. The maximum atomic E-state index is 13.5. The van der Waals surface area contributed by atoms with E-state index in [4.69, 9.17) is 18.9 Å². The zero-order valence-electron chi connectivity index (χ0n) is 27.7. The number of cyclic esters (lactones) is 1. The molecule has 2 N–H and O–H groups in total. The van der Waals surface area contributed by atoms with Crippen molar-refractivity contribution in [2.75, 3.05) is 21.2 Å². The first-order valence-corrected chi connectivity index (χ1v) is 15.9. The summed E-state index contributed by atoms with van der Waals surface area (Å²) in [6.07, 6.45) is -0.0632. The molecule has 0 saturated carbocycles. The molecule has 3 aliphatic heterocycles.